The van der Waals surface area contributed by atoms with Crippen LogP contribution in [0.4, 0.5) is 14.9 Å². The second-order valence-corrected chi connectivity index (χ2v) is 23.7. The zero-order chi connectivity index (χ0) is 22.5. The highest BCUT2D eigenvalue weighted by molar-refractivity contribution is 7.04. The van der Waals surface area contributed by atoms with Crippen LogP contribution in [0.25, 0.3) is 0 Å². The third-order valence-corrected chi connectivity index (χ3v) is 25.5. The smallest absolute Gasteiger partial charge is 0.404 e. The van der Waals surface area contributed by atoms with Crippen LogP contribution in [0.2, 0.25) is 45.3 Å². The van der Waals surface area contributed by atoms with Crippen molar-refractivity contribution >= 4 is 56.3 Å². The van der Waals surface area contributed by atoms with Crippen molar-refractivity contribution < 1.29 is 25.6 Å². The first-order valence-corrected chi connectivity index (χ1v) is 22.1. The van der Waals surface area contributed by atoms with Crippen LogP contribution in [0.1, 0.15) is 6.42 Å². The molecule has 1 aromatic carbocycles. The van der Waals surface area contributed by atoms with E-state index in [2.05, 4.69) is 26.2 Å². The van der Waals surface area contributed by atoms with Crippen LogP contribution in [-0.2, 0) is 16.5 Å². The van der Waals surface area contributed by atoms with Crippen LogP contribution in [0.15, 0.2) is 41.7 Å². The Morgan fingerprint density at radius 2 is 1.63 bits per heavy atom. The molecule has 1 aromatic rings. The molecule has 1 amide bonds. The van der Waals surface area contributed by atoms with Crippen LogP contribution >= 0.6 is 0 Å². The van der Waals surface area contributed by atoms with Crippen LogP contribution < -0.4 is 4.90 Å². The van der Waals surface area contributed by atoms with E-state index in [1.165, 1.54) is 4.90 Å². The third kappa shape index (κ3) is 6.90. The summed E-state index contributed by atoms with van der Waals surface area (Å²) in [6, 6.07) is 9.78. The van der Waals surface area contributed by atoms with Crippen molar-refractivity contribution in [3.05, 3.63) is 41.7 Å². The molecule has 30 heavy (non-hydrogen) atoms. The molecule has 1 heterocycles. The summed E-state index contributed by atoms with van der Waals surface area (Å²) >= 11 is 0. The number of para-hydroxylation sites is 1. The van der Waals surface area contributed by atoms with E-state index in [-0.39, 0.29) is 0 Å². The monoisotopic (exact) mass is 503 g/mol. The average molecular weight is 504 g/mol. The number of anilines is 1. The second-order valence-electron chi connectivity index (χ2n) is 8.36. The molecule has 6 nitrogen and oxygen atoms in total. The van der Waals surface area contributed by atoms with Gasteiger partial charge in [0.2, 0.25) is 0 Å². The number of amides is 1. The van der Waals surface area contributed by atoms with E-state index in [1.807, 2.05) is 25.7 Å². The highest BCUT2D eigenvalue weighted by atomic mass is 28.5. The zero-order valence-electron chi connectivity index (χ0n) is 18.8. The van der Waals surface area contributed by atoms with Crippen molar-refractivity contribution in [1.82, 2.24) is 0 Å². The Labute approximate surface area is 186 Å². The summed E-state index contributed by atoms with van der Waals surface area (Å²) in [7, 11) is -10.0. The van der Waals surface area contributed by atoms with E-state index in [1.54, 1.807) is 24.3 Å². The number of nitrogens with zero attached hydrogens (tertiary/aromatic N) is 1. The number of carbonyl (C=O) groups excluding carboxylic acids is 1. The van der Waals surface area contributed by atoms with Crippen LogP contribution in [0.5, 0.6) is 0 Å². The fraction of sp³-hybridized carbons (Fsp3) is 0.500. The van der Waals surface area contributed by atoms with Crippen LogP contribution in [-0.4, -0.2) is 57.2 Å². The SMILES string of the molecule is C=C([Si](C)(C)CCCN(C(=O)F)c1ccccc1)[Si]1(C)O[SiH](C)O[SiH](C)O[SiH](C)O1. The van der Waals surface area contributed by atoms with Gasteiger partial charge in [0, 0.05) is 12.2 Å². The van der Waals surface area contributed by atoms with Gasteiger partial charge in [0.1, 0.15) is 0 Å². The molecule has 12 heteroatoms. The van der Waals surface area contributed by atoms with Gasteiger partial charge in [-0.15, -0.1) is 11.0 Å². The molecule has 1 fully saturated rings. The summed E-state index contributed by atoms with van der Waals surface area (Å²) in [5.74, 6) is 0. The number of hydrogen-bond donors (Lipinski definition) is 0. The van der Waals surface area contributed by atoms with Crippen molar-refractivity contribution in [2.24, 2.45) is 0 Å². The van der Waals surface area contributed by atoms with Gasteiger partial charge in [0.05, 0.1) is 8.07 Å². The molecule has 1 aliphatic heterocycles. The van der Waals surface area contributed by atoms with E-state index in [9.17, 15) is 9.18 Å². The molecule has 0 radical (unpaired) electrons. The molecule has 168 valence electrons. The standard InChI is InChI=1S/C18H34FNO5Si5/c1-16(30(7)24-27(3)22-26(2)23-28(4)25-30)29(5,6)15-11-14-20(18(19)21)17-12-9-8-10-13-17/h8-10,12-13,26-28H,1,11,14-15H2,2-7H3. The topological polar surface area (TPSA) is 57.2 Å². The molecular weight excluding hydrogens is 470 g/mol. The third-order valence-electron chi connectivity index (χ3n) is 5.38. The predicted octanol–water partition coefficient (Wildman–Crippen LogP) is 4.02. The van der Waals surface area contributed by atoms with Gasteiger partial charge in [0.25, 0.3) is 9.28 Å². The number of halogens is 1. The van der Waals surface area contributed by atoms with E-state index in [0.717, 1.165) is 10.9 Å². The summed E-state index contributed by atoms with van der Waals surface area (Å²) in [6.07, 6.45) is -0.746. The number of benzene rings is 1. The zero-order valence-corrected chi connectivity index (χ0v) is 24.3. The Morgan fingerprint density at radius 1 is 1.10 bits per heavy atom. The molecule has 0 aliphatic carbocycles. The van der Waals surface area contributed by atoms with Gasteiger partial charge in [-0.25, -0.2) is 4.79 Å². The maximum Gasteiger partial charge on any atom is 0.404 e. The summed E-state index contributed by atoms with van der Waals surface area (Å²) in [4.78, 5) is 13.8. The molecule has 0 saturated carbocycles. The van der Waals surface area contributed by atoms with Crippen LogP contribution in [0.3, 0.4) is 0 Å². The Balaban J connectivity index is 2.06. The molecule has 1 saturated heterocycles. The van der Waals surface area contributed by atoms with Gasteiger partial charge in [-0.05, 0) is 49.6 Å². The lowest BCUT2D eigenvalue weighted by Crippen LogP contribution is -2.58. The maximum atomic E-state index is 13.6. The number of hydrogen-bond acceptors (Lipinski definition) is 5. The quantitative estimate of drug-likeness (QED) is 0.320. The lowest BCUT2D eigenvalue weighted by molar-refractivity contribution is 0.228. The predicted molar refractivity (Wildman–Crippen MR) is 131 cm³/mol. The molecular formula is C18H34FNO5Si5. The molecule has 2 unspecified atom stereocenters. The minimum absolute atomic E-state index is 0.328. The van der Waals surface area contributed by atoms with E-state index < -0.39 is 50.6 Å². The molecule has 0 N–H and O–H groups in total. The van der Waals surface area contributed by atoms with Gasteiger partial charge in [-0.3, -0.25) is 4.90 Å². The van der Waals surface area contributed by atoms with Crippen molar-refractivity contribution in [2.75, 3.05) is 11.4 Å². The summed E-state index contributed by atoms with van der Waals surface area (Å²) in [5, 5.41) is 0. The average Bonchev–Trinajstić information content (AvgIpc) is 2.63. The van der Waals surface area contributed by atoms with Crippen molar-refractivity contribution in [1.29, 1.82) is 0 Å². The molecule has 0 bridgehead atoms. The fourth-order valence-electron chi connectivity index (χ4n) is 3.80. The maximum absolute atomic E-state index is 13.6. The fourth-order valence-corrected chi connectivity index (χ4v) is 25.0. The lowest BCUT2D eigenvalue weighted by atomic mass is 10.3. The Hall–Kier alpha value is -0.716. The minimum atomic E-state index is -2.67. The van der Waals surface area contributed by atoms with Gasteiger partial charge in [-0.2, -0.15) is 0 Å². The van der Waals surface area contributed by atoms with Crippen LogP contribution in [0, 0.1) is 0 Å². The first-order chi connectivity index (χ1) is 13.9. The number of carbonyl (C=O) groups is 1. The first-order valence-electron chi connectivity index (χ1n) is 10.3. The normalized spacial score (nSPS) is 27.8. The Kier molecular flexibility index (Phi) is 9.14. The lowest BCUT2D eigenvalue weighted by Gasteiger charge is -2.42. The summed E-state index contributed by atoms with van der Waals surface area (Å²) in [6.45, 7) is 17.4. The van der Waals surface area contributed by atoms with Gasteiger partial charge in [-0.1, -0.05) is 37.3 Å². The minimum Gasteiger partial charge on any atom is -0.420 e. The number of rotatable bonds is 7. The largest absolute Gasteiger partial charge is 0.420 e. The molecule has 1 aliphatic rings. The van der Waals surface area contributed by atoms with E-state index in [0.29, 0.717) is 18.7 Å². The molecule has 0 spiro atoms. The van der Waals surface area contributed by atoms with Gasteiger partial charge < -0.3 is 16.5 Å². The summed E-state index contributed by atoms with van der Waals surface area (Å²) < 4.78 is 38.5. The Morgan fingerprint density at radius 3 is 2.13 bits per heavy atom. The van der Waals surface area contributed by atoms with Gasteiger partial charge in [0.15, 0.2) is 0 Å². The highest BCUT2D eigenvalue weighted by Crippen LogP contribution is 2.32. The van der Waals surface area contributed by atoms with Crippen molar-refractivity contribution in [3.8, 4) is 0 Å². The molecule has 2 rings (SSSR count). The second kappa shape index (κ2) is 10.7. The highest BCUT2D eigenvalue weighted by Gasteiger charge is 2.47. The molecule has 2 atom stereocenters. The molecule has 0 aromatic heterocycles. The van der Waals surface area contributed by atoms with Crippen molar-refractivity contribution in [2.45, 2.75) is 51.7 Å². The Bertz CT molecular complexity index is 727. The summed E-state index contributed by atoms with van der Waals surface area (Å²) in [5.41, 5.74) is 0.573. The van der Waals surface area contributed by atoms with E-state index >= 15 is 0 Å². The van der Waals surface area contributed by atoms with Gasteiger partial charge >= 0.3 is 33.3 Å². The van der Waals surface area contributed by atoms with E-state index in [4.69, 9.17) is 16.5 Å². The first kappa shape index (κ1) is 25.5. The van der Waals surface area contributed by atoms with Crippen molar-refractivity contribution in [3.63, 3.8) is 0 Å².